The van der Waals surface area contributed by atoms with Crippen LogP contribution < -0.4 is 0 Å². The number of hydrogen-bond donors (Lipinski definition) is 0. The zero-order chi connectivity index (χ0) is 14.7. The number of esters is 1. The molecule has 2 aromatic rings. The minimum atomic E-state index is -2.53. The fourth-order valence-corrected chi connectivity index (χ4v) is 2.61. The number of aromatic nitrogens is 1. The Morgan fingerprint density at radius 3 is 2.85 bits per heavy atom. The van der Waals surface area contributed by atoms with E-state index in [9.17, 15) is 13.6 Å². The quantitative estimate of drug-likeness (QED) is 0.793. The molecule has 0 atom stereocenters. The van der Waals surface area contributed by atoms with E-state index in [0.717, 1.165) is 0 Å². The van der Waals surface area contributed by atoms with Gasteiger partial charge in [-0.1, -0.05) is 18.2 Å². The van der Waals surface area contributed by atoms with Crippen LogP contribution in [0.15, 0.2) is 24.3 Å². The molecule has 0 aliphatic rings. The van der Waals surface area contributed by atoms with E-state index in [1.807, 2.05) is 0 Å². The average Bonchev–Trinajstić information content (AvgIpc) is 2.81. The monoisotopic (exact) mass is 297 g/mol. The molecular weight excluding hydrogens is 284 g/mol. The molecule has 6 heteroatoms. The van der Waals surface area contributed by atoms with E-state index >= 15 is 0 Å². The minimum Gasteiger partial charge on any atom is -0.461 e. The summed E-state index contributed by atoms with van der Waals surface area (Å²) in [4.78, 5) is 16.6. The first-order valence-electron chi connectivity index (χ1n) is 6.06. The molecule has 0 saturated heterocycles. The molecule has 2 rings (SSSR count). The van der Waals surface area contributed by atoms with Crippen molar-refractivity contribution in [3.63, 3.8) is 0 Å². The summed E-state index contributed by atoms with van der Waals surface area (Å²) >= 11 is 1.29. The van der Waals surface area contributed by atoms with Crippen LogP contribution in [0, 0.1) is 6.92 Å². The van der Waals surface area contributed by atoms with Gasteiger partial charge in [-0.2, -0.15) is 0 Å². The first kappa shape index (κ1) is 14.6. The number of carbonyl (C=O) groups is 1. The van der Waals surface area contributed by atoms with E-state index in [1.165, 1.54) is 23.5 Å². The zero-order valence-corrected chi connectivity index (χ0v) is 11.8. The summed E-state index contributed by atoms with van der Waals surface area (Å²) in [6.07, 6.45) is -2.53. The molecule has 0 saturated carbocycles. The molecule has 1 aromatic heterocycles. The van der Waals surface area contributed by atoms with E-state index in [2.05, 4.69) is 4.98 Å². The number of hydrogen-bond acceptors (Lipinski definition) is 4. The van der Waals surface area contributed by atoms with Crippen molar-refractivity contribution in [1.29, 1.82) is 0 Å². The normalized spacial score (nSPS) is 10.8. The molecule has 106 valence electrons. The van der Waals surface area contributed by atoms with Gasteiger partial charge in [0.05, 0.1) is 6.61 Å². The molecule has 0 unspecified atom stereocenters. The lowest BCUT2D eigenvalue weighted by Crippen LogP contribution is -2.06. The number of thiazole rings is 1. The van der Waals surface area contributed by atoms with Crippen LogP contribution in [0.4, 0.5) is 8.78 Å². The Kier molecular flexibility index (Phi) is 4.44. The van der Waals surface area contributed by atoms with Gasteiger partial charge in [0.1, 0.15) is 5.01 Å². The second kappa shape index (κ2) is 6.09. The highest BCUT2D eigenvalue weighted by molar-refractivity contribution is 7.15. The van der Waals surface area contributed by atoms with Crippen LogP contribution in [0.3, 0.4) is 0 Å². The highest BCUT2D eigenvalue weighted by atomic mass is 32.1. The maximum Gasteiger partial charge on any atom is 0.358 e. The van der Waals surface area contributed by atoms with Crippen molar-refractivity contribution in [2.24, 2.45) is 0 Å². The smallest absolute Gasteiger partial charge is 0.358 e. The summed E-state index contributed by atoms with van der Waals surface area (Å²) in [6, 6.07) is 6.00. The lowest BCUT2D eigenvalue weighted by molar-refractivity contribution is 0.0519. The Balaban J connectivity index is 2.37. The summed E-state index contributed by atoms with van der Waals surface area (Å²) in [6.45, 7) is 3.74. The summed E-state index contributed by atoms with van der Waals surface area (Å²) in [7, 11) is 0. The van der Waals surface area contributed by atoms with Gasteiger partial charge in [-0.15, -0.1) is 11.3 Å². The van der Waals surface area contributed by atoms with Crippen LogP contribution in [0.2, 0.25) is 0 Å². The van der Waals surface area contributed by atoms with E-state index in [4.69, 9.17) is 4.74 Å². The van der Waals surface area contributed by atoms with Crippen molar-refractivity contribution >= 4 is 17.3 Å². The van der Waals surface area contributed by atoms with E-state index < -0.39 is 12.4 Å². The SMILES string of the molecule is CCOC(=O)c1nc(-c2cccc(C(F)F)c2)sc1C. The molecule has 0 N–H and O–H groups in total. The second-order valence-electron chi connectivity index (χ2n) is 4.07. The number of alkyl halides is 2. The Bertz CT molecular complexity index is 625. The Morgan fingerprint density at radius 1 is 1.45 bits per heavy atom. The zero-order valence-electron chi connectivity index (χ0n) is 11.0. The van der Waals surface area contributed by atoms with E-state index in [0.29, 0.717) is 15.4 Å². The summed E-state index contributed by atoms with van der Waals surface area (Å²) < 4.78 is 30.3. The third-order valence-electron chi connectivity index (χ3n) is 2.65. The molecule has 0 radical (unpaired) electrons. The van der Waals surface area contributed by atoms with Gasteiger partial charge in [-0.05, 0) is 19.9 Å². The number of benzene rings is 1. The topological polar surface area (TPSA) is 39.2 Å². The van der Waals surface area contributed by atoms with Gasteiger partial charge in [0.2, 0.25) is 0 Å². The second-order valence-corrected chi connectivity index (χ2v) is 5.27. The van der Waals surface area contributed by atoms with Crippen molar-refractivity contribution in [3.8, 4) is 10.6 Å². The third-order valence-corrected chi connectivity index (χ3v) is 3.67. The molecule has 0 fully saturated rings. The number of halogens is 2. The van der Waals surface area contributed by atoms with Gasteiger partial charge in [-0.3, -0.25) is 0 Å². The van der Waals surface area contributed by atoms with Crippen molar-refractivity contribution in [1.82, 2.24) is 4.98 Å². The molecule has 0 spiro atoms. The highest BCUT2D eigenvalue weighted by Crippen LogP contribution is 2.30. The van der Waals surface area contributed by atoms with Crippen LogP contribution in [-0.4, -0.2) is 17.6 Å². The molecule has 0 aliphatic heterocycles. The minimum absolute atomic E-state index is 0.0620. The highest BCUT2D eigenvalue weighted by Gasteiger charge is 2.18. The maximum absolute atomic E-state index is 12.7. The fourth-order valence-electron chi connectivity index (χ4n) is 1.72. The standard InChI is InChI=1S/C14H13F2NO2S/c1-3-19-14(18)11-8(2)20-13(17-11)10-6-4-5-9(7-10)12(15)16/h4-7,12H,3H2,1-2H3. The van der Waals surface area contributed by atoms with Gasteiger partial charge in [0, 0.05) is 16.0 Å². The van der Waals surface area contributed by atoms with Crippen LogP contribution in [0.1, 0.15) is 34.3 Å². The Morgan fingerprint density at radius 2 is 2.20 bits per heavy atom. The lowest BCUT2D eigenvalue weighted by Gasteiger charge is -2.01. The summed E-state index contributed by atoms with van der Waals surface area (Å²) in [5.41, 5.74) is 0.758. The third kappa shape index (κ3) is 3.01. The molecule has 0 bridgehead atoms. The van der Waals surface area contributed by atoms with Crippen LogP contribution in [0.5, 0.6) is 0 Å². The van der Waals surface area contributed by atoms with E-state index in [1.54, 1.807) is 26.0 Å². The first-order valence-corrected chi connectivity index (χ1v) is 6.87. The Hall–Kier alpha value is -1.82. The molecular formula is C14H13F2NO2S. The van der Waals surface area contributed by atoms with Gasteiger partial charge in [-0.25, -0.2) is 18.6 Å². The molecule has 20 heavy (non-hydrogen) atoms. The molecule has 0 amide bonds. The molecule has 3 nitrogen and oxygen atoms in total. The van der Waals surface area contributed by atoms with Crippen molar-refractivity contribution in [3.05, 3.63) is 40.4 Å². The summed E-state index contributed by atoms with van der Waals surface area (Å²) in [5.74, 6) is -0.488. The van der Waals surface area contributed by atoms with Crippen LogP contribution >= 0.6 is 11.3 Å². The first-order chi connectivity index (χ1) is 9.52. The number of aryl methyl sites for hydroxylation is 1. The van der Waals surface area contributed by atoms with Crippen molar-refractivity contribution in [2.75, 3.05) is 6.61 Å². The number of ether oxygens (including phenoxy) is 1. The van der Waals surface area contributed by atoms with Gasteiger partial charge < -0.3 is 4.74 Å². The molecule has 1 heterocycles. The van der Waals surface area contributed by atoms with Crippen LogP contribution in [-0.2, 0) is 4.74 Å². The van der Waals surface area contributed by atoms with Gasteiger partial charge in [0.15, 0.2) is 5.69 Å². The Labute approximate surface area is 119 Å². The van der Waals surface area contributed by atoms with Crippen molar-refractivity contribution < 1.29 is 18.3 Å². The predicted octanol–water partition coefficient (Wildman–Crippen LogP) is 4.23. The van der Waals surface area contributed by atoms with Crippen molar-refractivity contribution in [2.45, 2.75) is 20.3 Å². The number of nitrogens with zero attached hydrogens (tertiary/aromatic N) is 1. The van der Waals surface area contributed by atoms with E-state index in [-0.39, 0.29) is 17.9 Å². The number of rotatable bonds is 4. The van der Waals surface area contributed by atoms with Gasteiger partial charge >= 0.3 is 5.97 Å². The van der Waals surface area contributed by atoms with Gasteiger partial charge in [0.25, 0.3) is 6.43 Å². The number of carbonyl (C=O) groups excluding carboxylic acids is 1. The average molecular weight is 297 g/mol. The van der Waals surface area contributed by atoms with Crippen LogP contribution in [0.25, 0.3) is 10.6 Å². The fraction of sp³-hybridized carbons (Fsp3) is 0.286. The maximum atomic E-state index is 12.7. The molecule has 1 aromatic carbocycles. The lowest BCUT2D eigenvalue weighted by atomic mass is 10.1. The molecule has 0 aliphatic carbocycles. The largest absolute Gasteiger partial charge is 0.461 e. The predicted molar refractivity (Wildman–Crippen MR) is 73.2 cm³/mol. The summed E-state index contributed by atoms with van der Waals surface area (Å²) in [5, 5.41) is 0.535.